The average Bonchev–Trinajstić information content (AvgIpc) is 2.67. The number of hydrogen-bond donors (Lipinski definition) is 1. The molecule has 7 nitrogen and oxygen atoms in total. The Balaban J connectivity index is 2.29. The number of para-hydroxylation sites is 1. The minimum atomic E-state index is -0.709. The molecule has 148 valence electrons. The molecule has 0 saturated carbocycles. The number of benzene rings is 2. The molecule has 8 heteroatoms. The fourth-order valence-corrected chi connectivity index (χ4v) is 3.06. The molecule has 2 rings (SSSR count). The second-order valence-corrected chi connectivity index (χ2v) is 7.20. The van der Waals surface area contributed by atoms with Gasteiger partial charge in [-0.3, -0.25) is 19.7 Å². The van der Waals surface area contributed by atoms with E-state index in [1.165, 1.54) is 11.0 Å². The first-order chi connectivity index (χ1) is 13.3. The molecular weight excluding hydrogens is 426 g/mol. The first-order valence-electron chi connectivity index (χ1n) is 8.87. The average molecular weight is 448 g/mol. The molecule has 0 spiro atoms. The third kappa shape index (κ3) is 5.63. The molecule has 0 aromatic heterocycles. The standard InChI is InChI=1S/C20H22BrN3O4/c1-3-22-20(26)14(2)23(13-15-8-10-17(21)11-9-15)19(25)12-16-6-4-5-7-18(16)24(27)28/h4-11,14H,3,12-13H2,1-2H3,(H,22,26). The van der Waals surface area contributed by atoms with Crippen molar-refractivity contribution >= 4 is 33.4 Å². The van der Waals surface area contributed by atoms with Crippen molar-refractivity contribution in [2.24, 2.45) is 0 Å². The van der Waals surface area contributed by atoms with Crippen molar-refractivity contribution in [3.8, 4) is 0 Å². The molecule has 2 aromatic carbocycles. The highest BCUT2D eigenvalue weighted by molar-refractivity contribution is 9.10. The summed E-state index contributed by atoms with van der Waals surface area (Å²) in [6, 6.07) is 12.9. The summed E-state index contributed by atoms with van der Waals surface area (Å²) < 4.78 is 0.908. The molecule has 0 fully saturated rings. The van der Waals surface area contributed by atoms with Crippen molar-refractivity contribution in [3.05, 3.63) is 74.2 Å². The van der Waals surface area contributed by atoms with Crippen molar-refractivity contribution in [1.29, 1.82) is 0 Å². The number of halogens is 1. The molecule has 1 N–H and O–H groups in total. The van der Waals surface area contributed by atoms with E-state index < -0.39 is 11.0 Å². The van der Waals surface area contributed by atoms with E-state index in [-0.39, 0.29) is 30.5 Å². The van der Waals surface area contributed by atoms with Gasteiger partial charge in [0.05, 0.1) is 11.3 Å². The molecule has 1 atom stereocenters. The van der Waals surface area contributed by atoms with Crippen LogP contribution in [0.25, 0.3) is 0 Å². The monoisotopic (exact) mass is 447 g/mol. The summed E-state index contributed by atoms with van der Waals surface area (Å²) in [7, 11) is 0. The Morgan fingerprint density at radius 3 is 2.43 bits per heavy atom. The van der Waals surface area contributed by atoms with E-state index in [1.54, 1.807) is 32.0 Å². The summed E-state index contributed by atoms with van der Waals surface area (Å²) in [4.78, 5) is 37.5. The zero-order chi connectivity index (χ0) is 20.7. The van der Waals surface area contributed by atoms with E-state index in [4.69, 9.17) is 0 Å². The Hall–Kier alpha value is -2.74. The minimum absolute atomic E-state index is 0.106. The molecular formula is C20H22BrN3O4. The number of nitrogens with zero attached hydrogens (tertiary/aromatic N) is 2. The summed E-state index contributed by atoms with van der Waals surface area (Å²) in [6.07, 6.45) is -0.155. The van der Waals surface area contributed by atoms with Crippen LogP contribution >= 0.6 is 15.9 Å². The quantitative estimate of drug-likeness (QED) is 0.495. The Morgan fingerprint density at radius 1 is 1.18 bits per heavy atom. The van der Waals surface area contributed by atoms with Gasteiger partial charge in [-0.05, 0) is 31.5 Å². The lowest BCUT2D eigenvalue weighted by Gasteiger charge is -2.28. The lowest BCUT2D eigenvalue weighted by molar-refractivity contribution is -0.385. The van der Waals surface area contributed by atoms with Gasteiger partial charge in [-0.1, -0.05) is 46.3 Å². The van der Waals surface area contributed by atoms with Gasteiger partial charge in [0.1, 0.15) is 6.04 Å². The minimum Gasteiger partial charge on any atom is -0.355 e. The fourth-order valence-electron chi connectivity index (χ4n) is 2.79. The maximum Gasteiger partial charge on any atom is 0.273 e. The van der Waals surface area contributed by atoms with Gasteiger partial charge in [0.15, 0.2) is 0 Å². The largest absolute Gasteiger partial charge is 0.355 e. The van der Waals surface area contributed by atoms with E-state index in [9.17, 15) is 19.7 Å². The second kappa shape index (κ2) is 9.98. The summed E-state index contributed by atoms with van der Waals surface area (Å²) >= 11 is 3.37. The fraction of sp³-hybridized carbons (Fsp3) is 0.300. The lowest BCUT2D eigenvalue weighted by atomic mass is 10.1. The van der Waals surface area contributed by atoms with Crippen molar-refractivity contribution in [1.82, 2.24) is 10.2 Å². The molecule has 0 heterocycles. The number of carbonyl (C=O) groups excluding carboxylic acids is 2. The number of nitro benzene ring substituents is 1. The van der Waals surface area contributed by atoms with Crippen molar-refractivity contribution in [2.45, 2.75) is 32.9 Å². The SMILES string of the molecule is CCNC(=O)C(C)N(Cc1ccc(Br)cc1)C(=O)Cc1ccccc1[N+](=O)[O-]. The second-order valence-electron chi connectivity index (χ2n) is 6.28. The van der Waals surface area contributed by atoms with Crippen LogP contribution in [-0.4, -0.2) is 34.2 Å². The predicted octanol–water partition coefficient (Wildman–Crippen LogP) is 3.45. The van der Waals surface area contributed by atoms with Crippen LogP contribution in [-0.2, 0) is 22.6 Å². The zero-order valence-electron chi connectivity index (χ0n) is 15.7. The van der Waals surface area contributed by atoms with Gasteiger partial charge in [0, 0.05) is 29.2 Å². The number of likely N-dealkylation sites (N-methyl/N-ethyl adjacent to an activating group) is 1. The van der Waals surface area contributed by atoms with Gasteiger partial charge in [-0.2, -0.15) is 0 Å². The van der Waals surface area contributed by atoms with Crippen LogP contribution in [0, 0.1) is 10.1 Å². The molecule has 2 aromatic rings. The van der Waals surface area contributed by atoms with Crippen LogP contribution in [0.1, 0.15) is 25.0 Å². The highest BCUT2D eigenvalue weighted by Crippen LogP contribution is 2.21. The number of nitro groups is 1. The van der Waals surface area contributed by atoms with Crippen molar-refractivity contribution in [2.75, 3.05) is 6.54 Å². The first-order valence-corrected chi connectivity index (χ1v) is 9.66. The highest BCUT2D eigenvalue weighted by atomic mass is 79.9. The van der Waals surface area contributed by atoms with E-state index in [1.807, 2.05) is 24.3 Å². The van der Waals surface area contributed by atoms with Gasteiger partial charge < -0.3 is 10.2 Å². The Morgan fingerprint density at radius 2 is 1.82 bits per heavy atom. The van der Waals surface area contributed by atoms with E-state index >= 15 is 0 Å². The van der Waals surface area contributed by atoms with Gasteiger partial charge >= 0.3 is 0 Å². The van der Waals surface area contributed by atoms with E-state index in [0.29, 0.717) is 12.1 Å². The maximum atomic E-state index is 13.0. The van der Waals surface area contributed by atoms with Crippen LogP contribution in [0.5, 0.6) is 0 Å². The first kappa shape index (κ1) is 21.6. The third-order valence-electron chi connectivity index (χ3n) is 4.31. The third-order valence-corrected chi connectivity index (χ3v) is 4.84. The van der Waals surface area contributed by atoms with Gasteiger partial charge in [-0.15, -0.1) is 0 Å². The van der Waals surface area contributed by atoms with Crippen LogP contribution in [0.2, 0.25) is 0 Å². The molecule has 0 bridgehead atoms. The number of rotatable bonds is 8. The van der Waals surface area contributed by atoms with Gasteiger partial charge in [-0.25, -0.2) is 0 Å². The Kier molecular flexibility index (Phi) is 7.69. The normalized spacial score (nSPS) is 11.5. The Bertz CT molecular complexity index is 855. The number of carbonyl (C=O) groups is 2. The number of hydrogen-bond acceptors (Lipinski definition) is 4. The molecule has 0 saturated heterocycles. The number of amides is 2. The molecule has 1 unspecified atom stereocenters. The van der Waals surface area contributed by atoms with Crippen LogP contribution in [0.4, 0.5) is 5.69 Å². The molecule has 28 heavy (non-hydrogen) atoms. The zero-order valence-corrected chi connectivity index (χ0v) is 17.3. The molecule has 0 aliphatic rings. The lowest BCUT2D eigenvalue weighted by Crippen LogP contribution is -2.48. The van der Waals surface area contributed by atoms with Crippen LogP contribution < -0.4 is 5.32 Å². The van der Waals surface area contributed by atoms with E-state index in [0.717, 1.165) is 10.0 Å². The van der Waals surface area contributed by atoms with Crippen molar-refractivity contribution < 1.29 is 14.5 Å². The Labute approximate surface area is 172 Å². The summed E-state index contributed by atoms with van der Waals surface area (Å²) in [6.45, 7) is 4.14. The summed E-state index contributed by atoms with van der Waals surface area (Å²) in [5, 5.41) is 14.0. The predicted molar refractivity (Wildman–Crippen MR) is 110 cm³/mol. The highest BCUT2D eigenvalue weighted by Gasteiger charge is 2.27. The summed E-state index contributed by atoms with van der Waals surface area (Å²) in [5.41, 5.74) is 1.07. The number of nitrogens with one attached hydrogen (secondary N) is 1. The molecule has 0 aliphatic heterocycles. The van der Waals surface area contributed by atoms with Crippen LogP contribution in [0.3, 0.4) is 0 Å². The maximum absolute atomic E-state index is 13.0. The smallest absolute Gasteiger partial charge is 0.273 e. The van der Waals surface area contributed by atoms with Gasteiger partial charge in [0.2, 0.25) is 11.8 Å². The van der Waals surface area contributed by atoms with Gasteiger partial charge in [0.25, 0.3) is 5.69 Å². The molecule has 0 radical (unpaired) electrons. The van der Waals surface area contributed by atoms with Crippen LogP contribution in [0.15, 0.2) is 53.0 Å². The topological polar surface area (TPSA) is 92.6 Å². The van der Waals surface area contributed by atoms with E-state index in [2.05, 4.69) is 21.2 Å². The molecule has 0 aliphatic carbocycles. The summed E-state index contributed by atoms with van der Waals surface area (Å²) in [5.74, 6) is -0.619. The molecule has 2 amide bonds. The van der Waals surface area contributed by atoms with Crippen molar-refractivity contribution in [3.63, 3.8) is 0 Å².